The molecule has 2 rings (SSSR count). The second-order valence-corrected chi connectivity index (χ2v) is 9.05. The highest BCUT2D eigenvalue weighted by atomic mass is 16.6. The highest BCUT2D eigenvalue weighted by Crippen LogP contribution is 2.55. The van der Waals surface area contributed by atoms with Crippen molar-refractivity contribution in [3.05, 3.63) is 23.3 Å². The lowest BCUT2D eigenvalue weighted by molar-refractivity contribution is -0.208. The van der Waals surface area contributed by atoms with Crippen molar-refractivity contribution in [2.45, 2.75) is 85.0 Å². The van der Waals surface area contributed by atoms with E-state index in [1.807, 2.05) is 6.92 Å². The third-order valence-corrected chi connectivity index (χ3v) is 6.21. The van der Waals surface area contributed by atoms with Crippen LogP contribution in [0.15, 0.2) is 23.3 Å². The van der Waals surface area contributed by atoms with Crippen LogP contribution in [0.1, 0.15) is 67.7 Å². The summed E-state index contributed by atoms with van der Waals surface area (Å²) in [6.07, 6.45) is 4.13. The minimum Gasteiger partial charge on any atom is -0.455 e. The van der Waals surface area contributed by atoms with Gasteiger partial charge >= 0.3 is 11.9 Å². The molecule has 1 saturated carbocycles. The van der Waals surface area contributed by atoms with Gasteiger partial charge in [-0.15, -0.1) is 0 Å². The molecule has 0 radical (unpaired) electrons. The van der Waals surface area contributed by atoms with Crippen molar-refractivity contribution < 1.29 is 29.0 Å². The van der Waals surface area contributed by atoms with E-state index in [4.69, 9.17) is 9.47 Å². The Morgan fingerprint density at radius 2 is 1.89 bits per heavy atom. The molecule has 2 aliphatic carbocycles. The summed E-state index contributed by atoms with van der Waals surface area (Å²) < 4.78 is 11.5. The molecule has 0 aromatic heterocycles. The number of hydrogen-bond acceptors (Lipinski definition) is 6. The fourth-order valence-electron chi connectivity index (χ4n) is 4.58. The van der Waals surface area contributed by atoms with E-state index in [-0.39, 0.29) is 18.1 Å². The number of aliphatic hydroxyl groups is 1. The van der Waals surface area contributed by atoms with E-state index in [1.54, 1.807) is 46.8 Å². The molecule has 0 amide bonds. The molecule has 2 aliphatic rings. The normalized spacial score (nSPS) is 33.6. The van der Waals surface area contributed by atoms with Crippen molar-refractivity contribution in [1.29, 1.82) is 0 Å². The first-order chi connectivity index (χ1) is 12.7. The molecule has 28 heavy (non-hydrogen) atoms. The van der Waals surface area contributed by atoms with Crippen molar-refractivity contribution in [2.24, 2.45) is 11.3 Å². The zero-order valence-corrected chi connectivity index (χ0v) is 17.9. The lowest BCUT2D eigenvalue weighted by Gasteiger charge is -2.55. The van der Waals surface area contributed by atoms with Gasteiger partial charge in [-0.2, -0.15) is 0 Å². The smallest absolute Gasteiger partial charge is 0.333 e. The zero-order chi connectivity index (χ0) is 21.5. The molecule has 1 fully saturated rings. The molecule has 156 valence electrons. The fraction of sp³-hybridized carbons (Fsp3) is 0.682. The molecule has 0 aromatic rings. The molecule has 0 saturated heterocycles. The van der Waals surface area contributed by atoms with Gasteiger partial charge in [0.2, 0.25) is 0 Å². The Bertz CT molecular complexity index is 741. The van der Waals surface area contributed by atoms with Gasteiger partial charge < -0.3 is 14.6 Å². The maximum atomic E-state index is 12.7. The van der Waals surface area contributed by atoms with Crippen LogP contribution in [0.3, 0.4) is 0 Å². The summed E-state index contributed by atoms with van der Waals surface area (Å²) in [7, 11) is 0. The van der Waals surface area contributed by atoms with Crippen LogP contribution in [0.4, 0.5) is 0 Å². The van der Waals surface area contributed by atoms with Crippen molar-refractivity contribution >= 4 is 17.7 Å². The summed E-state index contributed by atoms with van der Waals surface area (Å²) in [5.74, 6) is -1.41. The van der Waals surface area contributed by atoms with Crippen LogP contribution in [-0.4, -0.2) is 40.1 Å². The number of esters is 2. The molecule has 0 spiro atoms. The van der Waals surface area contributed by atoms with Crippen molar-refractivity contribution in [1.82, 2.24) is 0 Å². The van der Waals surface area contributed by atoms with Crippen molar-refractivity contribution in [3.63, 3.8) is 0 Å². The Morgan fingerprint density at radius 1 is 1.29 bits per heavy atom. The number of rotatable bonds is 4. The molecule has 0 heterocycles. The Morgan fingerprint density at radius 3 is 2.39 bits per heavy atom. The first-order valence-corrected chi connectivity index (χ1v) is 9.76. The van der Waals surface area contributed by atoms with E-state index in [9.17, 15) is 19.5 Å². The van der Waals surface area contributed by atoms with E-state index < -0.39 is 34.7 Å². The highest BCUT2D eigenvalue weighted by molar-refractivity contribution is 5.98. The number of Topliss-reactive ketones (excluding diaryl/α,β-unsaturated/α-hetero) is 1. The quantitative estimate of drug-likeness (QED) is 0.583. The monoisotopic (exact) mass is 392 g/mol. The number of hydrogen-bond donors (Lipinski definition) is 1. The molecule has 0 aromatic carbocycles. The Kier molecular flexibility index (Phi) is 5.96. The van der Waals surface area contributed by atoms with Crippen LogP contribution >= 0.6 is 0 Å². The predicted molar refractivity (Wildman–Crippen MR) is 104 cm³/mol. The Balaban J connectivity index is 2.55. The van der Waals surface area contributed by atoms with E-state index in [1.165, 1.54) is 6.92 Å². The molecule has 0 bridgehead atoms. The van der Waals surface area contributed by atoms with Gasteiger partial charge in [-0.05, 0) is 52.9 Å². The average Bonchev–Trinajstić information content (AvgIpc) is 2.54. The zero-order valence-electron chi connectivity index (χ0n) is 17.9. The molecule has 6 nitrogen and oxygen atoms in total. The minimum absolute atomic E-state index is 0.100. The van der Waals surface area contributed by atoms with E-state index in [2.05, 4.69) is 0 Å². The van der Waals surface area contributed by atoms with Gasteiger partial charge in [-0.25, -0.2) is 4.79 Å². The van der Waals surface area contributed by atoms with E-state index >= 15 is 0 Å². The number of ether oxygens (including phenoxy) is 2. The van der Waals surface area contributed by atoms with Crippen LogP contribution in [0, 0.1) is 11.3 Å². The average molecular weight is 392 g/mol. The Labute approximate surface area is 167 Å². The number of fused-ring (bicyclic) bond motifs is 1. The number of carbonyl (C=O) groups is 3. The molecule has 6 heteroatoms. The third kappa shape index (κ3) is 4.07. The maximum absolute atomic E-state index is 12.7. The molecule has 1 N–H and O–H groups in total. The third-order valence-electron chi connectivity index (χ3n) is 6.21. The van der Waals surface area contributed by atoms with E-state index in [0.29, 0.717) is 24.0 Å². The van der Waals surface area contributed by atoms with Gasteiger partial charge in [0.05, 0.1) is 5.60 Å². The summed E-state index contributed by atoms with van der Waals surface area (Å²) in [5, 5.41) is 10.5. The molecule has 4 atom stereocenters. The van der Waals surface area contributed by atoms with Gasteiger partial charge in [0.15, 0.2) is 11.4 Å². The van der Waals surface area contributed by atoms with Crippen LogP contribution in [0.25, 0.3) is 0 Å². The standard InChI is InChI=1S/C22H32O6/c1-8-13(2)19(25)27-18-9-10-21(6)12-16(24)15(20(4,5)26)11-17(21)22(18,7)28-14(3)23/h8,11,17-18,26H,9-10,12H2,1-7H3/b13-8-/t17-,18+,21-,22-/m1/s1. The molecular weight excluding hydrogens is 360 g/mol. The Hall–Kier alpha value is -1.95. The lowest BCUT2D eigenvalue weighted by Crippen LogP contribution is -2.61. The van der Waals surface area contributed by atoms with Crippen LogP contribution in [0.5, 0.6) is 0 Å². The SMILES string of the molecule is C/C=C(/C)C(=O)O[C@H]1CC[C@]2(C)CC(=O)C(C(C)(C)O)=C[C@H]2[C@@]1(C)OC(C)=O. The van der Waals surface area contributed by atoms with Gasteiger partial charge in [-0.3, -0.25) is 9.59 Å². The van der Waals surface area contributed by atoms with Gasteiger partial charge in [0, 0.05) is 30.4 Å². The summed E-state index contributed by atoms with van der Waals surface area (Å²) in [5.41, 5.74) is -2.11. The first-order valence-electron chi connectivity index (χ1n) is 9.76. The predicted octanol–water partition coefficient (Wildman–Crippen LogP) is 3.27. The van der Waals surface area contributed by atoms with Gasteiger partial charge in [0.25, 0.3) is 0 Å². The fourth-order valence-corrected chi connectivity index (χ4v) is 4.58. The second-order valence-electron chi connectivity index (χ2n) is 9.05. The second kappa shape index (κ2) is 7.47. The first kappa shape index (κ1) is 22.3. The number of ketones is 1. The summed E-state index contributed by atoms with van der Waals surface area (Å²) in [6.45, 7) is 11.6. The molecular formula is C22H32O6. The minimum atomic E-state index is -1.30. The van der Waals surface area contributed by atoms with Gasteiger partial charge in [0.1, 0.15) is 6.10 Å². The van der Waals surface area contributed by atoms with Gasteiger partial charge in [-0.1, -0.05) is 19.1 Å². The van der Waals surface area contributed by atoms with Crippen LogP contribution < -0.4 is 0 Å². The maximum Gasteiger partial charge on any atom is 0.333 e. The molecule has 0 unspecified atom stereocenters. The number of allylic oxidation sites excluding steroid dienone is 1. The van der Waals surface area contributed by atoms with Crippen molar-refractivity contribution in [3.8, 4) is 0 Å². The summed E-state index contributed by atoms with van der Waals surface area (Å²) in [6, 6.07) is 0. The summed E-state index contributed by atoms with van der Waals surface area (Å²) >= 11 is 0. The van der Waals surface area contributed by atoms with Crippen LogP contribution in [-0.2, 0) is 23.9 Å². The number of carbonyl (C=O) groups excluding carboxylic acids is 3. The van der Waals surface area contributed by atoms with E-state index in [0.717, 1.165) is 0 Å². The van der Waals surface area contributed by atoms with Crippen molar-refractivity contribution in [2.75, 3.05) is 0 Å². The lowest BCUT2D eigenvalue weighted by atomic mass is 9.54. The highest BCUT2D eigenvalue weighted by Gasteiger charge is 2.59. The topological polar surface area (TPSA) is 89.9 Å². The molecule has 0 aliphatic heterocycles. The largest absolute Gasteiger partial charge is 0.455 e. The summed E-state index contributed by atoms with van der Waals surface area (Å²) in [4.78, 5) is 37.0. The van der Waals surface area contributed by atoms with Crippen LogP contribution in [0.2, 0.25) is 0 Å².